The number of ether oxygens (including phenoxy) is 1. The van der Waals surface area contributed by atoms with E-state index in [1.54, 1.807) is 49.4 Å². The van der Waals surface area contributed by atoms with Gasteiger partial charge in [-0.1, -0.05) is 11.6 Å². The second-order valence-electron chi connectivity index (χ2n) is 7.28. The molecule has 0 radical (unpaired) electrons. The molecule has 4 rings (SSSR count). The molecule has 1 amide bonds. The van der Waals surface area contributed by atoms with Crippen LogP contribution in [0.15, 0.2) is 63.8 Å². The number of anilines is 1. The highest BCUT2D eigenvalue weighted by atomic mass is 35.5. The highest BCUT2D eigenvalue weighted by Crippen LogP contribution is 2.24. The van der Waals surface area contributed by atoms with Gasteiger partial charge in [-0.25, -0.2) is 0 Å². The zero-order chi connectivity index (χ0) is 21.4. The van der Waals surface area contributed by atoms with Crippen LogP contribution in [0.5, 0.6) is 5.75 Å². The lowest BCUT2D eigenvalue weighted by molar-refractivity contribution is -0.122. The number of rotatable bonds is 4. The van der Waals surface area contributed by atoms with E-state index in [-0.39, 0.29) is 11.3 Å². The van der Waals surface area contributed by atoms with Crippen LogP contribution in [0, 0.1) is 13.8 Å². The van der Waals surface area contributed by atoms with Crippen LogP contribution in [-0.4, -0.2) is 12.0 Å². The van der Waals surface area contributed by atoms with Gasteiger partial charge in [0.15, 0.2) is 6.10 Å². The number of halogens is 1. The molecule has 0 aliphatic rings. The monoisotopic (exact) mass is 421 g/mol. The number of carbonyl (C=O) groups excluding carboxylic acids is 1. The molecule has 152 valence electrons. The Bertz CT molecular complexity index is 1330. The molecule has 0 bridgehead atoms. The van der Waals surface area contributed by atoms with Gasteiger partial charge in [0.05, 0.1) is 10.8 Å². The highest BCUT2D eigenvalue weighted by Gasteiger charge is 2.16. The first-order chi connectivity index (χ1) is 14.3. The van der Waals surface area contributed by atoms with Crippen molar-refractivity contribution in [3.05, 3.63) is 81.0 Å². The number of hydrogen-bond donors (Lipinski definition) is 1. The lowest BCUT2D eigenvalue weighted by Gasteiger charge is -2.15. The van der Waals surface area contributed by atoms with Crippen molar-refractivity contribution in [1.29, 1.82) is 0 Å². The van der Waals surface area contributed by atoms with Crippen LogP contribution in [0.2, 0.25) is 5.02 Å². The number of hydrogen-bond acceptors (Lipinski definition) is 4. The third-order valence-electron chi connectivity index (χ3n) is 5.05. The third-order valence-corrected chi connectivity index (χ3v) is 5.30. The van der Waals surface area contributed by atoms with Crippen molar-refractivity contribution in [3.63, 3.8) is 0 Å². The molecule has 0 fully saturated rings. The SMILES string of the molecule is Cc1cc2oc3cc(NC(=O)C(C)Oc4ccc(Cl)cc4)ccc3c(=O)c2cc1C. The molecule has 3 aromatic carbocycles. The quantitative estimate of drug-likeness (QED) is 0.434. The van der Waals surface area contributed by atoms with Gasteiger partial charge in [-0.2, -0.15) is 0 Å². The lowest BCUT2D eigenvalue weighted by atomic mass is 10.1. The van der Waals surface area contributed by atoms with Crippen LogP contribution in [-0.2, 0) is 4.79 Å². The van der Waals surface area contributed by atoms with Crippen LogP contribution in [0.4, 0.5) is 5.69 Å². The summed E-state index contributed by atoms with van der Waals surface area (Å²) in [4.78, 5) is 25.4. The Morgan fingerprint density at radius 1 is 0.967 bits per heavy atom. The molecular weight excluding hydrogens is 402 g/mol. The first-order valence-electron chi connectivity index (χ1n) is 9.53. The smallest absolute Gasteiger partial charge is 0.265 e. The summed E-state index contributed by atoms with van der Waals surface area (Å²) in [7, 11) is 0. The van der Waals surface area contributed by atoms with Crippen LogP contribution in [0.25, 0.3) is 21.9 Å². The van der Waals surface area contributed by atoms with E-state index in [9.17, 15) is 9.59 Å². The molecule has 0 saturated carbocycles. The first kappa shape index (κ1) is 20.0. The zero-order valence-corrected chi connectivity index (χ0v) is 17.5. The largest absolute Gasteiger partial charge is 0.481 e. The van der Waals surface area contributed by atoms with Crippen LogP contribution >= 0.6 is 11.6 Å². The molecule has 1 N–H and O–H groups in total. The Morgan fingerprint density at radius 2 is 1.63 bits per heavy atom. The van der Waals surface area contributed by atoms with Crippen LogP contribution in [0.1, 0.15) is 18.1 Å². The molecule has 0 saturated heterocycles. The average Bonchev–Trinajstić information content (AvgIpc) is 2.71. The molecule has 0 spiro atoms. The summed E-state index contributed by atoms with van der Waals surface area (Å²) >= 11 is 5.86. The van der Waals surface area contributed by atoms with E-state index in [2.05, 4.69) is 5.32 Å². The van der Waals surface area contributed by atoms with Crippen molar-refractivity contribution in [2.24, 2.45) is 0 Å². The van der Waals surface area contributed by atoms with Crippen LogP contribution in [0.3, 0.4) is 0 Å². The van der Waals surface area contributed by atoms with Gasteiger partial charge in [0.25, 0.3) is 5.91 Å². The molecular formula is C24H20ClNO4. The summed E-state index contributed by atoms with van der Waals surface area (Å²) in [5, 5.41) is 4.41. The minimum Gasteiger partial charge on any atom is -0.481 e. The number of fused-ring (bicyclic) bond motifs is 2. The lowest BCUT2D eigenvalue weighted by Crippen LogP contribution is -2.30. The highest BCUT2D eigenvalue weighted by molar-refractivity contribution is 6.30. The molecule has 5 nitrogen and oxygen atoms in total. The first-order valence-corrected chi connectivity index (χ1v) is 9.90. The predicted molar refractivity (Wildman–Crippen MR) is 120 cm³/mol. The van der Waals surface area contributed by atoms with Gasteiger partial charge in [-0.3, -0.25) is 9.59 Å². The Morgan fingerprint density at radius 3 is 2.37 bits per heavy atom. The van der Waals surface area contributed by atoms with Gasteiger partial charge in [-0.15, -0.1) is 0 Å². The molecule has 1 aromatic heterocycles. The summed E-state index contributed by atoms with van der Waals surface area (Å²) in [6.45, 7) is 5.59. The number of aryl methyl sites for hydroxylation is 2. The molecule has 30 heavy (non-hydrogen) atoms. The number of benzene rings is 3. The minimum absolute atomic E-state index is 0.0910. The van der Waals surface area contributed by atoms with E-state index in [1.165, 1.54) is 0 Å². The molecule has 0 aliphatic heterocycles. The fourth-order valence-corrected chi connectivity index (χ4v) is 3.33. The maximum absolute atomic E-state index is 12.8. The van der Waals surface area contributed by atoms with E-state index in [0.29, 0.717) is 38.4 Å². The number of amides is 1. The Balaban J connectivity index is 1.60. The number of nitrogens with one attached hydrogen (secondary N) is 1. The second kappa shape index (κ2) is 7.84. The van der Waals surface area contributed by atoms with Gasteiger partial charge in [0.2, 0.25) is 5.43 Å². The van der Waals surface area contributed by atoms with Crippen molar-refractivity contribution in [2.75, 3.05) is 5.32 Å². The van der Waals surface area contributed by atoms with Gasteiger partial charge in [0, 0.05) is 16.8 Å². The number of carbonyl (C=O) groups is 1. The Hall–Kier alpha value is -3.31. The summed E-state index contributed by atoms with van der Waals surface area (Å²) in [6.07, 6.45) is -0.726. The van der Waals surface area contributed by atoms with Crippen molar-refractivity contribution in [3.8, 4) is 5.75 Å². The van der Waals surface area contributed by atoms with Crippen molar-refractivity contribution in [1.82, 2.24) is 0 Å². The molecule has 1 heterocycles. The average molecular weight is 422 g/mol. The Labute approximate surface area is 178 Å². The van der Waals surface area contributed by atoms with Gasteiger partial charge in [-0.05, 0) is 80.4 Å². The van der Waals surface area contributed by atoms with E-state index in [4.69, 9.17) is 20.8 Å². The predicted octanol–water partition coefficient (Wildman–Crippen LogP) is 5.62. The van der Waals surface area contributed by atoms with Crippen LogP contribution < -0.4 is 15.5 Å². The summed E-state index contributed by atoms with van der Waals surface area (Å²) < 4.78 is 11.6. The van der Waals surface area contributed by atoms with E-state index in [1.807, 2.05) is 26.0 Å². The van der Waals surface area contributed by atoms with E-state index < -0.39 is 6.10 Å². The molecule has 0 aliphatic carbocycles. The second-order valence-corrected chi connectivity index (χ2v) is 7.71. The van der Waals surface area contributed by atoms with Crippen molar-refractivity contribution < 1.29 is 13.9 Å². The fourth-order valence-electron chi connectivity index (χ4n) is 3.20. The van der Waals surface area contributed by atoms with Crippen molar-refractivity contribution >= 4 is 45.1 Å². The minimum atomic E-state index is -0.726. The summed E-state index contributed by atoms with van der Waals surface area (Å²) in [5.41, 5.74) is 3.45. The standard InChI is InChI=1S/C24H20ClNO4/c1-13-10-20-21(11-14(13)2)30-22-12-17(6-9-19(22)23(20)27)26-24(28)15(3)29-18-7-4-16(25)5-8-18/h4-12,15H,1-3H3,(H,26,28). The molecule has 4 aromatic rings. The Kier molecular flexibility index (Phi) is 5.22. The molecule has 1 atom stereocenters. The van der Waals surface area contributed by atoms with Gasteiger partial charge < -0.3 is 14.5 Å². The van der Waals surface area contributed by atoms with Gasteiger partial charge in [0.1, 0.15) is 16.9 Å². The molecule has 1 unspecified atom stereocenters. The fraction of sp³-hybridized carbons (Fsp3) is 0.167. The normalized spacial score (nSPS) is 12.1. The van der Waals surface area contributed by atoms with E-state index in [0.717, 1.165) is 11.1 Å². The van der Waals surface area contributed by atoms with Gasteiger partial charge >= 0.3 is 0 Å². The maximum atomic E-state index is 12.8. The molecule has 6 heteroatoms. The van der Waals surface area contributed by atoms with Crippen molar-refractivity contribution in [2.45, 2.75) is 26.9 Å². The maximum Gasteiger partial charge on any atom is 0.265 e. The summed E-state index contributed by atoms with van der Waals surface area (Å²) in [6, 6.07) is 15.5. The summed E-state index contributed by atoms with van der Waals surface area (Å²) in [5.74, 6) is 0.225. The zero-order valence-electron chi connectivity index (χ0n) is 16.8. The third kappa shape index (κ3) is 3.89. The topological polar surface area (TPSA) is 68.5 Å². The van der Waals surface area contributed by atoms with E-state index >= 15 is 0 Å².